The largest absolute Gasteiger partial charge is 0.474 e. The van der Waals surface area contributed by atoms with E-state index in [1.165, 1.54) is 0 Å². The summed E-state index contributed by atoms with van der Waals surface area (Å²) in [7, 11) is 0. The highest BCUT2D eigenvalue weighted by molar-refractivity contribution is 5.25. The molecule has 3 heteroatoms. The van der Waals surface area contributed by atoms with E-state index in [1.54, 1.807) is 6.20 Å². The molecule has 1 heterocycles. The first-order valence-electron chi connectivity index (χ1n) is 6.34. The average molecular weight is 236 g/mol. The van der Waals surface area contributed by atoms with E-state index in [0.29, 0.717) is 12.0 Å². The highest BCUT2D eigenvalue weighted by atomic mass is 16.5. The molecule has 0 aliphatic heterocycles. The number of hydrogen-bond acceptors (Lipinski definition) is 3. The Morgan fingerprint density at radius 3 is 2.53 bits per heavy atom. The van der Waals surface area contributed by atoms with E-state index in [0.717, 1.165) is 18.0 Å². The lowest BCUT2D eigenvalue weighted by Gasteiger charge is -2.19. The maximum atomic E-state index is 5.89. The van der Waals surface area contributed by atoms with Gasteiger partial charge in [0.05, 0.1) is 6.10 Å². The van der Waals surface area contributed by atoms with Gasteiger partial charge < -0.3 is 10.1 Å². The third-order valence-electron chi connectivity index (χ3n) is 2.79. The van der Waals surface area contributed by atoms with Gasteiger partial charge in [0.1, 0.15) is 0 Å². The van der Waals surface area contributed by atoms with E-state index in [-0.39, 0.29) is 6.10 Å². The smallest absolute Gasteiger partial charge is 0.218 e. The van der Waals surface area contributed by atoms with Crippen molar-refractivity contribution < 1.29 is 4.74 Å². The summed E-state index contributed by atoms with van der Waals surface area (Å²) >= 11 is 0. The Morgan fingerprint density at radius 2 is 1.94 bits per heavy atom. The second-order valence-electron chi connectivity index (χ2n) is 5.07. The van der Waals surface area contributed by atoms with Gasteiger partial charge >= 0.3 is 0 Å². The minimum atomic E-state index is 0.183. The van der Waals surface area contributed by atoms with Crippen LogP contribution in [0, 0.1) is 5.92 Å². The van der Waals surface area contributed by atoms with Gasteiger partial charge in [-0.25, -0.2) is 4.98 Å². The van der Waals surface area contributed by atoms with Gasteiger partial charge in [0.2, 0.25) is 5.88 Å². The van der Waals surface area contributed by atoms with Crippen LogP contribution in [0.15, 0.2) is 18.3 Å². The summed E-state index contributed by atoms with van der Waals surface area (Å²) in [6.07, 6.45) is 1.96. The van der Waals surface area contributed by atoms with Crippen molar-refractivity contribution in [3.05, 3.63) is 23.9 Å². The Labute approximate surface area is 105 Å². The lowest BCUT2D eigenvalue weighted by molar-refractivity contribution is 0.161. The van der Waals surface area contributed by atoms with Crippen molar-refractivity contribution in [1.82, 2.24) is 10.3 Å². The molecule has 0 saturated heterocycles. The summed E-state index contributed by atoms with van der Waals surface area (Å²) in [6, 6.07) is 4.47. The number of rotatable bonds is 6. The highest BCUT2D eigenvalue weighted by Crippen LogP contribution is 2.18. The third-order valence-corrected chi connectivity index (χ3v) is 2.79. The van der Waals surface area contributed by atoms with E-state index >= 15 is 0 Å². The molecule has 0 aromatic carbocycles. The quantitative estimate of drug-likeness (QED) is 0.824. The molecule has 0 aliphatic carbocycles. The zero-order valence-electron chi connectivity index (χ0n) is 11.5. The van der Waals surface area contributed by atoms with E-state index in [4.69, 9.17) is 4.74 Å². The van der Waals surface area contributed by atoms with Crippen LogP contribution in [-0.4, -0.2) is 17.1 Å². The molecule has 3 nitrogen and oxygen atoms in total. The molecular weight excluding hydrogens is 212 g/mol. The van der Waals surface area contributed by atoms with Crippen LogP contribution in [0.2, 0.25) is 0 Å². The highest BCUT2D eigenvalue weighted by Gasteiger charge is 2.12. The van der Waals surface area contributed by atoms with Crippen LogP contribution in [0.3, 0.4) is 0 Å². The van der Waals surface area contributed by atoms with Gasteiger partial charge in [0.15, 0.2) is 0 Å². The molecule has 1 rings (SSSR count). The van der Waals surface area contributed by atoms with E-state index in [1.807, 2.05) is 6.07 Å². The summed E-state index contributed by atoms with van der Waals surface area (Å²) in [5, 5.41) is 3.38. The van der Waals surface area contributed by atoms with Crippen LogP contribution in [-0.2, 0) is 6.54 Å². The molecule has 0 aliphatic rings. The van der Waals surface area contributed by atoms with Crippen LogP contribution in [0.4, 0.5) is 0 Å². The molecule has 1 N–H and O–H groups in total. The Kier molecular flexibility index (Phi) is 5.42. The lowest BCUT2D eigenvalue weighted by Crippen LogP contribution is -2.24. The van der Waals surface area contributed by atoms with Crippen molar-refractivity contribution in [3.8, 4) is 5.88 Å². The summed E-state index contributed by atoms with van der Waals surface area (Å²) < 4.78 is 5.89. The van der Waals surface area contributed by atoms with Gasteiger partial charge in [-0.15, -0.1) is 0 Å². The van der Waals surface area contributed by atoms with Gasteiger partial charge in [0.25, 0.3) is 0 Å². The summed E-state index contributed by atoms with van der Waals surface area (Å²) in [4.78, 5) is 4.32. The first kappa shape index (κ1) is 14.0. The predicted molar refractivity (Wildman–Crippen MR) is 71.1 cm³/mol. The fraction of sp³-hybridized carbons (Fsp3) is 0.643. The molecule has 0 radical (unpaired) electrons. The first-order valence-corrected chi connectivity index (χ1v) is 6.34. The fourth-order valence-electron chi connectivity index (χ4n) is 1.29. The van der Waals surface area contributed by atoms with Gasteiger partial charge in [-0.1, -0.05) is 33.8 Å². The van der Waals surface area contributed by atoms with Crippen molar-refractivity contribution in [2.75, 3.05) is 0 Å². The van der Waals surface area contributed by atoms with E-state index in [9.17, 15) is 0 Å². The number of aromatic nitrogens is 1. The standard InChI is InChI=1S/C14H24N2O/c1-10(2)12(5)17-14-13(7-6-8-15-14)9-16-11(3)4/h6-8,10-12,16H,9H2,1-5H3. The molecule has 1 aromatic rings. The van der Waals surface area contributed by atoms with Gasteiger partial charge in [-0.3, -0.25) is 0 Å². The maximum absolute atomic E-state index is 5.89. The zero-order chi connectivity index (χ0) is 12.8. The van der Waals surface area contributed by atoms with Gasteiger partial charge in [-0.05, 0) is 18.9 Å². The predicted octanol–water partition coefficient (Wildman–Crippen LogP) is 3.00. The molecule has 1 aromatic heterocycles. The minimum Gasteiger partial charge on any atom is -0.474 e. The molecule has 96 valence electrons. The van der Waals surface area contributed by atoms with Crippen molar-refractivity contribution in [2.24, 2.45) is 5.92 Å². The first-order chi connectivity index (χ1) is 8.00. The fourth-order valence-corrected chi connectivity index (χ4v) is 1.29. The molecule has 0 bridgehead atoms. The molecule has 0 saturated carbocycles. The van der Waals surface area contributed by atoms with Crippen LogP contribution in [0.5, 0.6) is 5.88 Å². The van der Waals surface area contributed by atoms with Crippen LogP contribution >= 0.6 is 0 Å². The zero-order valence-corrected chi connectivity index (χ0v) is 11.5. The SMILES string of the molecule is CC(C)NCc1cccnc1OC(C)C(C)C. The number of nitrogens with zero attached hydrogens (tertiary/aromatic N) is 1. The number of hydrogen-bond donors (Lipinski definition) is 1. The van der Waals surface area contributed by atoms with Crippen LogP contribution in [0.25, 0.3) is 0 Å². The molecule has 17 heavy (non-hydrogen) atoms. The number of ether oxygens (including phenoxy) is 1. The molecule has 1 unspecified atom stereocenters. The Balaban J connectivity index is 2.70. The minimum absolute atomic E-state index is 0.183. The second-order valence-corrected chi connectivity index (χ2v) is 5.07. The summed E-state index contributed by atoms with van der Waals surface area (Å²) in [6.45, 7) is 11.4. The van der Waals surface area contributed by atoms with Crippen molar-refractivity contribution in [1.29, 1.82) is 0 Å². The molecule has 0 spiro atoms. The average Bonchev–Trinajstić information content (AvgIpc) is 2.27. The maximum Gasteiger partial charge on any atom is 0.218 e. The van der Waals surface area contributed by atoms with Crippen molar-refractivity contribution >= 4 is 0 Å². The normalized spacial score (nSPS) is 13.1. The van der Waals surface area contributed by atoms with E-state index < -0.39 is 0 Å². The topological polar surface area (TPSA) is 34.2 Å². The van der Waals surface area contributed by atoms with Crippen molar-refractivity contribution in [2.45, 2.75) is 53.3 Å². The molecular formula is C14H24N2O. The molecule has 0 amide bonds. The van der Waals surface area contributed by atoms with Gasteiger partial charge in [0, 0.05) is 24.3 Å². The lowest BCUT2D eigenvalue weighted by atomic mass is 10.1. The van der Waals surface area contributed by atoms with Gasteiger partial charge in [-0.2, -0.15) is 0 Å². The monoisotopic (exact) mass is 236 g/mol. The van der Waals surface area contributed by atoms with Crippen molar-refractivity contribution in [3.63, 3.8) is 0 Å². The van der Waals surface area contributed by atoms with Crippen LogP contribution < -0.4 is 10.1 Å². The Morgan fingerprint density at radius 1 is 1.24 bits per heavy atom. The Bertz CT molecular complexity index is 337. The van der Waals surface area contributed by atoms with E-state index in [2.05, 4.69) is 51.0 Å². The summed E-state index contributed by atoms with van der Waals surface area (Å²) in [5.74, 6) is 1.24. The Hall–Kier alpha value is -1.09. The molecule has 1 atom stereocenters. The second kappa shape index (κ2) is 6.60. The third kappa shape index (κ3) is 4.73. The number of nitrogens with one attached hydrogen (secondary N) is 1. The number of pyridine rings is 1. The molecule has 0 fully saturated rings. The summed E-state index contributed by atoms with van der Waals surface area (Å²) in [5.41, 5.74) is 1.12. The van der Waals surface area contributed by atoms with Crippen LogP contribution in [0.1, 0.15) is 40.2 Å².